The summed E-state index contributed by atoms with van der Waals surface area (Å²) < 4.78 is 32.6. The molecule has 0 amide bonds. The van der Waals surface area contributed by atoms with Gasteiger partial charge < -0.3 is 4.74 Å². The fourth-order valence-corrected chi connectivity index (χ4v) is 3.14. The normalized spacial score (nSPS) is 11.1. The van der Waals surface area contributed by atoms with Crippen molar-refractivity contribution in [3.8, 4) is 5.75 Å². The zero-order chi connectivity index (χ0) is 14.6. The number of nitrogens with one attached hydrogen (secondary N) is 1. The highest BCUT2D eigenvalue weighted by Crippen LogP contribution is 2.18. The Balaban J connectivity index is 2.08. The number of benzene rings is 2. The molecule has 2 rings (SSSR count). The highest BCUT2D eigenvalue weighted by Gasteiger charge is 2.11. The summed E-state index contributed by atoms with van der Waals surface area (Å²) in [5.74, 6) is 0.618. The molecule has 2 aromatic carbocycles. The van der Waals surface area contributed by atoms with E-state index in [0.717, 1.165) is 10.0 Å². The van der Waals surface area contributed by atoms with Gasteiger partial charge in [0.2, 0.25) is 10.0 Å². The lowest BCUT2D eigenvalue weighted by molar-refractivity contribution is 0.415. The third-order valence-corrected chi connectivity index (χ3v) is 4.42. The van der Waals surface area contributed by atoms with Crippen LogP contribution in [-0.2, 0) is 15.8 Å². The van der Waals surface area contributed by atoms with Crippen LogP contribution in [0.2, 0.25) is 0 Å². The van der Waals surface area contributed by atoms with Crippen molar-refractivity contribution in [3.63, 3.8) is 0 Å². The predicted octanol–water partition coefficient (Wildman–Crippen LogP) is 3.40. The summed E-state index contributed by atoms with van der Waals surface area (Å²) in [6, 6.07) is 13.9. The number of halogens is 1. The van der Waals surface area contributed by atoms with Crippen LogP contribution in [0.3, 0.4) is 0 Å². The smallest absolute Gasteiger partial charge is 0.236 e. The molecule has 0 aliphatic carbocycles. The molecule has 4 nitrogen and oxygen atoms in total. The first-order chi connectivity index (χ1) is 9.48. The Hall–Kier alpha value is -1.53. The molecule has 0 fully saturated rings. The molecule has 6 heteroatoms. The van der Waals surface area contributed by atoms with Gasteiger partial charge in [0.1, 0.15) is 5.75 Å². The Morgan fingerprint density at radius 1 is 1.05 bits per heavy atom. The monoisotopic (exact) mass is 355 g/mol. The molecule has 20 heavy (non-hydrogen) atoms. The molecule has 0 aliphatic heterocycles. The van der Waals surface area contributed by atoms with Crippen molar-refractivity contribution >= 4 is 31.6 Å². The van der Waals surface area contributed by atoms with Gasteiger partial charge in [-0.15, -0.1) is 0 Å². The van der Waals surface area contributed by atoms with E-state index in [0.29, 0.717) is 11.4 Å². The number of methoxy groups -OCH3 is 1. The molecule has 0 bridgehead atoms. The average Bonchev–Trinajstić information content (AvgIpc) is 2.41. The largest absolute Gasteiger partial charge is 0.497 e. The first-order valence-electron chi connectivity index (χ1n) is 5.87. The minimum Gasteiger partial charge on any atom is -0.497 e. The number of hydrogen-bond donors (Lipinski definition) is 1. The molecule has 1 N–H and O–H groups in total. The summed E-state index contributed by atoms with van der Waals surface area (Å²) in [7, 11) is -1.86. The van der Waals surface area contributed by atoms with Crippen molar-refractivity contribution in [2.45, 2.75) is 5.75 Å². The SMILES string of the molecule is COc1ccc(NS(=O)(=O)Cc2ccc(Br)cc2)cc1. The van der Waals surface area contributed by atoms with Crippen LogP contribution in [0.25, 0.3) is 0 Å². The lowest BCUT2D eigenvalue weighted by Crippen LogP contribution is -2.14. The summed E-state index contributed by atoms with van der Waals surface area (Å²) in [6.45, 7) is 0. The van der Waals surface area contributed by atoms with Gasteiger partial charge in [-0.2, -0.15) is 0 Å². The van der Waals surface area contributed by atoms with E-state index in [-0.39, 0.29) is 5.75 Å². The highest BCUT2D eigenvalue weighted by atomic mass is 79.9. The van der Waals surface area contributed by atoms with Crippen molar-refractivity contribution in [1.29, 1.82) is 0 Å². The van der Waals surface area contributed by atoms with E-state index in [4.69, 9.17) is 4.74 Å². The van der Waals surface area contributed by atoms with E-state index < -0.39 is 10.0 Å². The Labute approximate surface area is 127 Å². The van der Waals surface area contributed by atoms with E-state index >= 15 is 0 Å². The molecular formula is C14H14BrNO3S. The van der Waals surface area contributed by atoms with Gasteiger partial charge in [0.25, 0.3) is 0 Å². The summed E-state index contributed by atoms with van der Waals surface area (Å²) in [5, 5.41) is 0. The molecule has 106 valence electrons. The Morgan fingerprint density at radius 3 is 2.20 bits per heavy atom. The van der Waals surface area contributed by atoms with Gasteiger partial charge in [-0.25, -0.2) is 8.42 Å². The van der Waals surface area contributed by atoms with E-state index in [1.165, 1.54) is 0 Å². The first-order valence-corrected chi connectivity index (χ1v) is 8.32. The third-order valence-electron chi connectivity index (χ3n) is 2.63. The molecule has 0 saturated heterocycles. The van der Waals surface area contributed by atoms with Crippen LogP contribution in [0.15, 0.2) is 53.0 Å². The molecule has 2 aromatic rings. The number of rotatable bonds is 5. The second kappa shape index (κ2) is 6.28. The van der Waals surface area contributed by atoms with E-state index in [9.17, 15) is 8.42 Å². The molecule has 0 aromatic heterocycles. The maximum atomic E-state index is 12.1. The maximum Gasteiger partial charge on any atom is 0.236 e. The molecule has 0 heterocycles. The minimum absolute atomic E-state index is 0.0632. The van der Waals surface area contributed by atoms with Gasteiger partial charge in [0.15, 0.2) is 0 Å². The zero-order valence-corrected chi connectivity index (χ0v) is 13.2. The van der Waals surface area contributed by atoms with Crippen LogP contribution >= 0.6 is 15.9 Å². The zero-order valence-electron chi connectivity index (χ0n) is 10.8. The van der Waals surface area contributed by atoms with E-state index in [1.54, 1.807) is 43.5 Å². The number of sulfonamides is 1. The van der Waals surface area contributed by atoms with Crippen molar-refractivity contribution < 1.29 is 13.2 Å². The van der Waals surface area contributed by atoms with Crippen molar-refractivity contribution in [3.05, 3.63) is 58.6 Å². The second-order valence-corrected chi connectivity index (χ2v) is 6.85. The topological polar surface area (TPSA) is 55.4 Å². The van der Waals surface area contributed by atoms with E-state index in [2.05, 4.69) is 20.7 Å². The summed E-state index contributed by atoms with van der Waals surface area (Å²) in [6.07, 6.45) is 0. The van der Waals surface area contributed by atoms with Crippen molar-refractivity contribution in [2.75, 3.05) is 11.8 Å². The summed E-state index contributed by atoms with van der Waals surface area (Å²) in [5.41, 5.74) is 1.25. The van der Waals surface area contributed by atoms with E-state index in [1.807, 2.05) is 12.1 Å². The molecule has 0 aliphatic rings. The Bertz CT molecular complexity index is 667. The third kappa shape index (κ3) is 4.25. The van der Waals surface area contributed by atoms with Crippen LogP contribution in [0.1, 0.15) is 5.56 Å². The lowest BCUT2D eigenvalue weighted by atomic mass is 10.2. The number of ether oxygens (including phenoxy) is 1. The highest BCUT2D eigenvalue weighted by molar-refractivity contribution is 9.10. The van der Waals surface area contributed by atoms with Gasteiger partial charge in [-0.05, 0) is 42.0 Å². The van der Waals surface area contributed by atoms with Crippen LogP contribution in [0, 0.1) is 0 Å². The number of hydrogen-bond acceptors (Lipinski definition) is 3. The van der Waals surface area contributed by atoms with Gasteiger partial charge >= 0.3 is 0 Å². The standard InChI is InChI=1S/C14H14BrNO3S/c1-19-14-8-6-13(7-9-14)16-20(17,18)10-11-2-4-12(15)5-3-11/h2-9,16H,10H2,1H3. The van der Waals surface area contributed by atoms with Crippen molar-refractivity contribution in [2.24, 2.45) is 0 Å². The molecule has 0 atom stereocenters. The fourth-order valence-electron chi connectivity index (χ4n) is 1.67. The predicted molar refractivity (Wildman–Crippen MR) is 83.4 cm³/mol. The lowest BCUT2D eigenvalue weighted by Gasteiger charge is -2.09. The minimum atomic E-state index is -3.43. The summed E-state index contributed by atoms with van der Waals surface area (Å²) >= 11 is 3.32. The van der Waals surface area contributed by atoms with Crippen LogP contribution in [0.5, 0.6) is 5.75 Å². The first kappa shape index (κ1) is 14.9. The van der Waals surface area contributed by atoms with Gasteiger partial charge in [0.05, 0.1) is 12.9 Å². The maximum absolute atomic E-state index is 12.1. The van der Waals surface area contributed by atoms with Gasteiger partial charge in [-0.3, -0.25) is 4.72 Å². The molecular weight excluding hydrogens is 342 g/mol. The molecule has 0 spiro atoms. The molecule has 0 unspecified atom stereocenters. The van der Waals surface area contributed by atoms with Crippen LogP contribution in [-0.4, -0.2) is 15.5 Å². The van der Waals surface area contributed by atoms with Crippen LogP contribution < -0.4 is 9.46 Å². The Morgan fingerprint density at radius 2 is 1.65 bits per heavy atom. The second-order valence-electron chi connectivity index (χ2n) is 4.22. The van der Waals surface area contributed by atoms with Crippen LogP contribution in [0.4, 0.5) is 5.69 Å². The average molecular weight is 356 g/mol. The quantitative estimate of drug-likeness (QED) is 0.893. The van der Waals surface area contributed by atoms with Gasteiger partial charge in [0, 0.05) is 10.2 Å². The summed E-state index contributed by atoms with van der Waals surface area (Å²) in [4.78, 5) is 0. The Kier molecular flexibility index (Phi) is 4.67. The number of anilines is 1. The molecule has 0 radical (unpaired) electrons. The molecule has 0 saturated carbocycles. The fraction of sp³-hybridized carbons (Fsp3) is 0.143. The van der Waals surface area contributed by atoms with Gasteiger partial charge in [-0.1, -0.05) is 28.1 Å². The van der Waals surface area contributed by atoms with Crippen molar-refractivity contribution in [1.82, 2.24) is 0 Å².